The molecule has 1 aliphatic heterocycles. The number of aliphatic hydroxyl groups excluding tert-OH is 4. The summed E-state index contributed by atoms with van der Waals surface area (Å²) >= 11 is 0. The quantitative estimate of drug-likeness (QED) is 0.288. The van der Waals surface area contributed by atoms with Gasteiger partial charge in [0.05, 0.1) is 12.6 Å². The second-order valence-electron chi connectivity index (χ2n) is 2.81. The minimum atomic E-state index is -1.44. The van der Waals surface area contributed by atoms with Crippen LogP contribution in [0.15, 0.2) is 0 Å². The van der Waals surface area contributed by atoms with Crippen LogP contribution in [0.25, 0.3) is 0 Å². The van der Waals surface area contributed by atoms with Gasteiger partial charge in [0.25, 0.3) is 0 Å². The van der Waals surface area contributed by atoms with Crippen LogP contribution in [0.2, 0.25) is 0 Å². The smallest absolute Gasteiger partial charge is 0.183 e. The molecule has 5 atom stereocenters. The molecule has 1 fully saturated rings. The molecule has 0 amide bonds. The van der Waals surface area contributed by atoms with Gasteiger partial charge in [-0.2, -0.15) is 0 Å². The first kappa shape index (κ1) is 9.85. The van der Waals surface area contributed by atoms with Crippen molar-refractivity contribution >= 4 is 0 Å². The van der Waals surface area contributed by atoms with Crippen LogP contribution in [-0.4, -0.2) is 57.7 Å². The summed E-state index contributed by atoms with van der Waals surface area (Å²) in [5, 5.41) is 36.0. The van der Waals surface area contributed by atoms with Gasteiger partial charge < -0.3 is 30.9 Å². The standard InChI is InChI=1S/C6H13NO5/c7-3-4(9)2(1-8)12-6(11)5(3)10/h2-6,8-11H,1,7H2/t2?,3-,4+,5?,6?/m1/s1. The monoisotopic (exact) mass is 179 g/mol. The summed E-state index contributed by atoms with van der Waals surface area (Å²) in [4.78, 5) is 0. The van der Waals surface area contributed by atoms with Crippen molar-refractivity contribution in [1.29, 1.82) is 0 Å². The fourth-order valence-corrected chi connectivity index (χ4v) is 1.13. The molecule has 1 heterocycles. The lowest BCUT2D eigenvalue weighted by molar-refractivity contribution is -0.258. The summed E-state index contributed by atoms with van der Waals surface area (Å²) in [7, 11) is 0. The molecule has 0 spiro atoms. The number of ether oxygens (including phenoxy) is 1. The van der Waals surface area contributed by atoms with Crippen LogP contribution in [0.1, 0.15) is 0 Å². The minimum absolute atomic E-state index is 0.446. The van der Waals surface area contributed by atoms with Crippen LogP contribution in [0.4, 0.5) is 0 Å². The molecule has 3 unspecified atom stereocenters. The van der Waals surface area contributed by atoms with Crippen molar-refractivity contribution in [1.82, 2.24) is 0 Å². The van der Waals surface area contributed by atoms with E-state index < -0.39 is 37.3 Å². The van der Waals surface area contributed by atoms with E-state index in [2.05, 4.69) is 4.74 Å². The van der Waals surface area contributed by atoms with E-state index in [0.717, 1.165) is 0 Å². The van der Waals surface area contributed by atoms with Gasteiger partial charge >= 0.3 is 0 Å². The highest BCUT2D eigenvalue weighted by Gasteiger charge is 2.41. The van der Waals surface area contributed by atoms with Crippen LogP contribution in [0.5, 0.6) is 0 Å². The van der Waals surface area contributed by atoms with Crippen LogP contribution in [0.3, 0.4) is 0 Å². The largest absolute Gasteiger partial charge is 0.394 e. The molecule has 0 aliphatic carbocycles. The highest BCUT2D eigenvalue weighted by molar-refractivity contribution is 4.90. The average molecular weight is 179 g/mol. The molecule has 12 heavy (non-hydrogen) atoms. The molecule has 0 aromatic rings. The summed E-state index contributed by atoms with van der Waals surface area (Å²) < 4.78 is 4.66. The van der Waals surface area contributed by atoms with Crippen molar-refractivity contribution in [2.24, 2.45) is 5.73 Å². The normalized spacial score (nSPS) is 49.2. The number of nitrogens with two attached hydrogens (primary N) is 1. The van der Waals surface area contributed by atoms with E-state index in [1.54, 1.807) is 0 Å². The lowest BCUT2D eigenvalue weighted by Gasteiger charge is -2.38. The molecule has 6 N–H and O–H groups in total. The average Bonchev–Trinajstić information content (AvgIpc) is 2.08. The predicted octanol–water partition coefficient (Wildman–Crippen LogP) is -3.26. The molecular weight excluding hydrogens is 166 g/mol. The Bertz CT molecular complexity index is 150. The van der Waals surface area contributed by atoms with E-state index in [0.29, 0.717) is 0 Å². The minimum Gasteiger partial charge on any atom is -0.394 e. The molecule has 72 valence electrons. The SMILES string of the molecule is N[C@H]1C(O)C(O)OC(CO)[C@@H]1O. The van der Waals surface area contributed by atoms with Gasteiger partial charge in [0.2, 0.25) is 0 Å². The fraction of sp³-hybridized carbons (Fsp3) is 1.00. The van der Waals surface area contributed by atoms with Crippen molar-refractivity contribution < 1.29 is 25.2 Å². The van der Waals surface area contributed by atoms with E-state index >= 15 is 0 Å². The number of rotatable bonds is 1. The van der Waals surface area contributed by atoms with Gasteiger partial charge in [0.1, 0.15) is 18.3 Å². The lowest BCUT2D eigenvalue weighted by Crippen LogP contribution is -2.62. The van der Waals surface area contributed by atoms with Gasteiger partial charge in [-0.3, -0.25) is 0 Å². The van der Waals surface area contributed by atoms with Crippen molar-refractivity contribution in [2.75, 3.05) is 6.61 Å². The Kier molecular flexibility index (Phi) is 2.99. The summed E-state index contributed by atoms with van der Waals surface area (Å²) in [6.07, 6.45) is -4.85. The third-order valence-electron chi connectivity index (χ3n) is 1.96. The molecule has 0 radical (unpaired) electrons. The first-order chi connectivity index (χ1) is 5.57. The summed E-state index contributed by atoms with van der Waals surface area (Å²) in [6.45, 7) is -0.446. The molecule has 0 aromatic carbocycles. The zero-order chi connectivity index (χ0) is 9.30. The maximum absolute atomic E-state index is 9.24. The lowest BCUT2D eigenvalue weighted by atomic mass is 9.97. The van der Waals surface area contributed by atoms with Crippen molar-refractivity contribution in [3.8, 4) is 0 Å². The molecule has 6 heteroatoms. The van der Waals surface area contributed by atoms with E-state index in [1.807, 2.05) is 0 Å². The van der Waals surface area contributed by atoms with Crippen LogP contribution < -0.4 is 5.73 Å². The highest BCUT2D eigenvalue weighted by Crippen LogP contribution is 2.17. The van der Waals surface area contributed by atoms with E-state index in [-0.39, 0.29) is 0 Å². The third kappa shape index (κ3) is 1.58. The van der Waals surface area contributed by atoms with Crippen molar-refractivity contribution in [3.63, 3.8) is 0 Å². The molecule has 1 saturated heterocycles. The molecule has 0 bridgehead atoms. The first-order valence-corrected chi connectivity index (χ1v) is 3.64. The summed E-state index contributed by atoms with van der Waals surface area (Å²) in [5.74, 6) is 0. The van der Waals surface area contributed by atoms with Gasteiger partial charge in [-0.05, 0) is 0 Å². The van der Waals surface area contributed by atoms with E-state index in [4.69, 9.17) is 21.1 Å². The molecule has 1 aliphatic rings. The Labute approximate surface area is 69.2 Å². The van der Waals surface area contributed by atoms with Gasteiger partial charge in [-0.15, -0.1) is 0 Å². The molecule has 0 aromatic heterocycles. The fourth-order valence-electron chi connectivity index (χ4n) is 1.13. The summed E-state index contributed by atoms with van der Waals surface area (Å²) in [6, 6.07) is -0.995. The Morgan fingerprint density at radius 3 is 2.25 bits per heavy atom. The first-order valence-electron chi connectivity index (χ1n) is 3.64. The number of hydrogen-bond donors (Lipinski definition) is 5. The van der Waals surface area contributed by atoms with E-state index in [1.165, 1.54) is 0 Å². The second kappa shape index (κ2) is 3.65. The van der Waals surface area contributed by atoms with Crippen LogP contribution in [-0.2, 0) is 4.74 Å². The van der Waals surface area contributed by atoms with E-state index in [9.17, 15) is 5.11 Å². The zero-order valence-corrected chi connectivity index (χ0v) is 6.37. The molecule has 1 rings (SSSR count). The van der Waals surface area contributed by atoms with Crippen LogP contribution >= 0.6 is 0 Å². The Morgan fingerprint density at radius 2 is 1.75 bits per heavy atom. The van der Waals surface area contributed by atoms with Gasteiger partial charge in [0.15, 0.2) is 6.29 Å². The number of hydrogen-bond acceptors (Lipinski definition) is 6. The van der Waals surface area contributed by atoms with Crippen molar-refractivity contribution in [3.05, 3.63) is 0 Å². The third-order valence-corrected chi connectivity index (χ3v) is 1.96. The van der Waals surface area contributed by atoms with Gasteiger partial charge in [-0.1, -0.05) is 0 Å². The Balaban J connectivity index is 2.63. The Hall–Kier alpha value is -0.240. The molecule has 6 nitrogen and oxygen atoms in total. The maximum atomic E-state index is 9.24. The maximum Gasteiger partial charge on any atom is 0.183 e. The predicted molar refractivity (Wildman–Crippen MR) is 38.0 cm³/mol. The topological polar surface area (TPSA) is 116 Å². The Morgan fingerprint density at radius 1 is 1.17 bits per heavy atom. The highest BCUT2D eigenvalue weighted by atomic mass is 16.6. The molecular formula is C6H13NO5. The van der Waals surface area contributed by atoms with Crippen LogP contribution in [0, 0.1) is 0 Å². The van der Waals surface area contributed by atoms with Crippen molar-refractivity contribution in [2.45, 2.75) is 30.6 Å². The van der Waals surface area contributed by atoms with Gasteiger partial charge in [0, 0.05) is 0 Å². The van der Waals surface area contributed by atoms with Gasteiger partial charge in [-0.25, -0.2) is 0 Å². The summed E-state index contributed by atoms with van der Waals surface area (Å²) in [5.41, 5.74) is 5.33. The number of aliphatic hydroxyl groups is 4. The molecule has 0 saturated carbocycles. The zero-order valence-electron chi connectivity index (χ0n) is 6.37. The second-order valence-corrected chi connectivity index (χ2v) is 2.81.